The average Bonchev–Trinajstić information content (AvgIpc) is 2.40. The first kappa shape index (κ1) is 14.1. The molecule has 2 rings (SSSR count). The standard InChI is InChI=1S/C16H19BrN2/c1-18-11-14-10-15(17)8-9-16(14)19(2)12-13-6-4-3-5-7-13/h3-10,18H,11-12H2,1-2H3. The molecule has 2 aromatic rings. The van der Waals surface area contributed by atoms with Crippen molar-refractivity contribution in [2.24, 2.45) is 0 Å². The van der Waals surface area contributed by atoms with Crippen LogP contribution in [-0.2, 0) is 13.1 Å². The number of hydrogen-bond acceptors (Lipinski definition) is 2. The molecule has 100 valence electrons. The third kappa shape index (κ3) is 3.82. The van der Waals surface area contributed by atoms with Crippen LogP contribution >= 0.6 is 15.9 Å². The number of rotatable bonds is 5. The van der Waals surface area contributed by atoms with Crippen molar-refractivity contribution in [3.63, 3.8) is 0 Å². The van der Waals surface area contributed by atoms with Gasteiger partial charge in [0.15, 0.2) is 0 Å². The Morgan fingerprint density at radius 1 is 1.11 bits per heavy atom. The molecule has 0 unspecified atom stereocenters. The van der Waals surface area contributed by atoms with Crippen molar-refractivity contribution >= 4 is 21.6 Å². The second-order valence-electron chi connectivity index (χ2n) is 4.65. The summed E-state index contributed by atoms with van der Waals surface area (Å²) in [6.07, 6.45) is 0. The van der Waals surface area contributed by atoms with Crippen molar-refractivity contribution < 1.29 is 0 Å². The highest BCUT2D eigenvalue weighted by Gasteiger charge is 2.08. The normalized spacial score (nSPS) is 10.5. The lowest BCUT2D eigenvalue weighted by Crippen LogP contribution is -2.19. The largest absolute Gasteiger partial charge is 0.370 e. The maximum absolute atomic E-state index is 3.54. The summed E-state index contributed by atoms with van der Waals surface area (Å²) in [5, 5.41) is 3.22. The molecule has 0 aliphatic rings. The Bertz CT molecular complexity index is 526. The maximum Gasteiger partial charge on any atom is 0.0426 e. The molecule has 3 heteroatoms. The molecule has 19 heavy (non-hydrogen) atoms. The molecule has 0 aliphatic carbocycles. The van der Waals surface area contributed by atoms with Crippen molar-refractivity contribution in [3.8, 4) is 0 Å². The Balaban J connectivity index is 2.20. The van der Waals surface area contributed by atoms with Gasteiger partial charge in [0.2, 0.25) is 0 Å². The van der Waals surface area contributed by atoms with E-state index in [1.54, 1.807) is 0 Å². The predicted molar refractivity (Wildman–Crippen MR) is 85.5 cm³/mol. The predicted octanol–water partition coefficient (Wildman–Crippen LogP) is 3.80. The minimum Gasteiger partial charge on any atom is -0.370 e. The minimum absolute atomic E-state index is 0.869. The zero-order chi connectivity index (χ0) is 13.7. The summed E-state index contributed by atoms with van der Waals surface area (Å²) in [7, 11) is 4.11. The molecule has 1 N–H and O–H groups in total. The summed E-state index contributed by atoms with van der Waals surface area (Å²) in [6.45, 7) is 1.78. The Morgan fingerprint density at radius 2 is 1.84 bits per heavy atom. The van der Waals surface area contributed by atoms with Gasteiger partial charge in [-0.05, 0) is 36.4 Å². The van der Waals surface area contributed by atoms with Crippen LogP contribution in [0.3, 0.4) is 0 Å². The summed E-state index contributed by atoms with van der Waals surface area (Å²) >= 11 is 3.54. The highest BCUT2D eigenvalue weighted by molar-refractivity contribution is 9.10. The molecule has 0 aromatic heterocycles. The van der Waals surface area contributed by atoms with Crippen LogP contribution in [0.5, 0.6) is 0 Å². The number of anilines is 1. The topological polar surface area (TPSA) is 15.3 Å². The van der Waals surface area contributed by atoms with E-state index < -0.39 is 0 Å². The van der Waals surface area contributed by atoms with E-state index in [-0.39, 0.29) is 0 Å². The van der Waals surface area contributed by atoms with E-state index in [0.29, 0.717) is 0 Å². The van der Waals surface area contributed by atoms with E-state index in [4.69, 9.17) is 0 Å². The molecule has 0 aliphatic heterocycles. The van der Waals surface area contributed by atoms with Gasteiger partial charge in [0.05, 0.1) is 0 Å². The Hall–Kier alpha value is -1.32. The fraction of sp³-hybridized carbons (Fsp3) is 0.250. The fourth-order valence-electron chi connectivity index (χ4n) is 2.20. The van der Waals surface area contributed by atoms with E-state index in [1.165, 1.54) is 16.8 Å². The maximum atomic E-state index is 3.54. The number of hydrogen-bond donors (Lipinski definition) is 1. The van der Waals surface area contributed by atoms with Crippen LogP contribution in [0.4, 0.5) is 5.69 Å². The molecule has 0 saturated carbocycles. The first-order valence-corrected chi connectivity index (χ1v) is 7.18. The van der Waals surface area contributed by atoms with Crippen molar-refractivity contribution in [1.82, 2.24) is 5.32 Å². The number of nitrogens with one attached hydrogen (secondary N) is 1. The number of benzene rings is 2. The van der Waals surface area contributed by atoms with Crippen molar-refractivity contribution in [3.05, 3.63) is 64.1 Å². The molecule has 2 aromatic carbocycles. The SMILES string of the molecule is CNCc1cc(Br)ccc1N(C)Cc1ccccc1. The molecular weight excluding hydrogens is 300 g/mol. The van der Waals surface area contributed by atoms with E-state index >= 15 is 0 Å². The summed E-state index contributed by atoms with van der Waals surface area (Å²) in [6, 6.07) is 17.0. The van der Waals surface area contributed by atoms with Gasteiger partial charge in [0.25, 0.3) is 0 Å². The Morgan fingerprint density at radius 3 is 2.53 bits per heavy atom. The van der Waals surface area contributed by atoms with Gasteiger partial charge >= 0.3 is 0 Å². The van der Waals surface area contributed by atoms with Crippen LogP contribution < -0.4 is 10.2 Å². The van der Waals surface area contributed by atoms with Crippen LogP contribution in [0.25, 0.3) is 0 Å². The van der Waals surface area contributed by atoms with Gasteiger partial charge in [-0.1, -0.05) is 46.3 Å². The first-order chi connectivity index (χ1) is 9.20. The molecule has 0 fully saturated rings. The highest BCUT2D eigenvalue weighted by Crippen LogP contribution is 2.25. The van der Waals surface area contributed by atoms with Crippen LogP contribution in [0.2, 0.25) is 0 Å². The zero-order valence-corrected chi connectivity index (χ0v) is 12.9. The Labute approximate surface area is 123 Å². The third-order valence-corrected chi connectivity index (χ3v) is 3.58. The average molecular weight is 319 g/mol. The summed E-state index contributed by atoms with van der Waals surface area (Å²) in [5.74, 6) is 0. The van der Waals surface area contributed by atoms with E-state index in [9.17, 15) is 0 Å². The first-order valence-electron chi connectivity index (χ1n) is 6.39. The van der Waals surface area contributed by atoms with Crippen LogP contribution in [0.15, 0.2) is 53.0 Å². The molecule has 0 radical (unpaired) electrons. The molecule has 0 bridgehead atoms. The molecule has 0 saturated heterocycles. The molecule has 0 atom stereocenters. The lowest BCUT2D eigenvalue weighted by atomic mass is 10.1. The number of nitrogens with zero attached hydrogens (tertiary/aromatic N) is 1. The molecule has 0 amide bonds. The van der Waals surface area contributed by atoms with E-state index in [0.717, 1.165) is 17.6 Å². The van der Waals surface area contributed by atoms with Gasteiger partial charge in [-0.25, -0.2) is 0 Å². The van der Waals surface area contributed by atoms with Crippen LogP contribution in [0.1, 0.15) is 11.1 Å². The van der Waals surface area contributed by atoms with Crippen molar-refractivity contribution in [2.45, 2.75) is 13.1 Å². The third-order valence-electron chi connectivity index (χ3n) is 3.08. The van der Waals surface area contributed by atoms with Gasteiger partial charge in [0, 0.05) is 30.3 Å². The summed E-state index contributed by atoms with van der Waals surface area (Å²) < 4.78 is 1.12. The van der Waals surface area contributed by atoms with Crippen LogP contribution in [0, 0.1) is 0 Å². The minimum atomic E-state index is 0.869. The zero-order valence-electron chi connectivity index (χ0n) is 11.4. The molecule has 0 heterocycles. The second-order valence-corrected chi connectivity index (χ2v) is 5.56. The fourth-order valence-corrected chi connectivity index (χ4v) is 2.61. The van der Waals surface area contributed by atoms with Gasteiger partial charge in [-0.3, -0.25) is 0 Å². The van der Waals surface area contributed by atoms with Gasteiger partial charge in [0.1, 0.15) is 0 Å². The van der Waals surface area contributed by atoms with Gasteiger partial charge in [-0.15, -0.1) is 0 Å². The van der Waals surface area contributed by atoms with Gasteiger partial charge < -0.3 is 10.2 Å². The molecule has 0 spiro atoms. The molecular formula is C16H19BrN2. The van der Waals surface area contributed by atoms with E-state index in [2.05, 4.69) is 81.7 Å². The van der Waals surface area contributed by atoms with Crippen molar-refractivity contribution in [2.75, 3.05) is 19.0 Å². The Kier molecular flexibility index (Phi) is 5.00. The highest BCUT2D eigenvalue weighted by atomic mass is 79.9. The monoisotopic (exact) mass is 318 g/mol. The molecule has 2 nitrogen and oxygen atoms in total. The van der Waals surface area contributed by atoms with Gasteiger partial charge in [-0.2, -0.15) is 0 Å². The van der Waals surface area contributed by atoms with Crippen LogP contribution in [-0.4, -0.2) is 14.1 Å². The van der Waals surface area contributed by atoms with Crippen molar-refractivity contribution in [1.29, 1.82) is 0 Å². The number of halogens is 1. The quantitative estimate of drug-likeness (QED) is 0.902. The lowest BCUT2D eigenvalue weighted by Gasteiger charge is -2.23. The smallest absolute Gasteiger partial charge is 0.0426 e. The van der Waals surface area contributed by atoms with E-state index in [1.807, 2.05) is 7.05 Å². The summed E-state index contributed by atoms with van der Waals surface area (Å²) in [5.41, 5.74) is 3.89. The lowest BCUT2D eigenvalue weighted by molar-refractivity contribution is 0.805. The second kappa shape index (κ2) is 6.73. The summed E-state index contributed by atoms with van der Waals surface area (Å²) in [4.78, 5) is 2.29.